The maximum absolute atomic E-state index is 13.1. The summed E-state index contributed by atoms with van der Waals surface area (Å²) >= 11 is 1.61. The van der Waals surface area contributed by atoms with Gasteiger partial charge in [0.05, 0.1) is 5.75 Å². The third kappa shape index (κ3) is 7.52. The van der Waals surface area contributed by atoms with E-state index in [0.717, 1.165) is 18.6 Å². The molecule has 1 atom stereocenters. The van der Waals surface area contributed by atoms with Gasteiger partial charge in [0.25, 0.3) is 0 Å². The summed E-state index contributed by atoms with van der Waals surface area (Å²) in [6.45, 7) is 7.28. The Morgan fingerprint density at radius 2 is 1.73 bits per heavy atom. The van der Waals surface area contributed by atoms with E-state index in [4.69, 9.17) is 0 Å². The van der Waals surface area contributed by atoms with Crippen molar-refractivity contribution < 1.29 is 9.59 Å². The summed E-state index contributed by atoms with van der Waals surface area (Å²) in [4.78, 5) is 27.6. The minimum absolute atomic E-state index is 0.0306. The SMILES string of the molecule is CCCNC(=O)[C@@H](CC)N(CCc1ccccc1)C(=O)CSCc1ccccc1C. The van der Waals surface area contributed by atoms with Crippen LogP contribution in [0.5, 0.6) is 0 Å². The zero-order valence-corrected chi connectivity index (χ0v) is 19.2. The van der Waals surface area contributed by atoms with Crippen molar-refractivity contribution in [2.45, 2.75) is 51.8 Å². The zero-order chi connectivity index (χ0) is 21.8. The Kier molecular flexibility index (Phi) is 10.5. The zero-order valence-electron chi connectivity index (χ0n) is 18.4. The van der Waals surface area contributed by atoms with Crippen molar-refractivity contribution >= 4 is 23.6 Å². The maximum atomic E-state index is 13.1. The Labute approximate surface area is 185 Å². The summed E-state index contributed by atoms with van der Waals surface area (Å²) in [7, 11) is 0. The number of rotatable bonds is 12. The van der Waals surface area contributed by atoms with Gasteiger partial charge >= 0.3 is 0 Å². The second-order valence-corrected chi connectivity index (χ2v) is 8.44. The van der Waals surface area contributed by atoms with Crippen LogP contribution in [0.25, 0.3) is 0 Å². The molecule has 5 heteroatoms. The van der Waals surface area contributed by atoms with Crippen LogP contribution in [0.15, 0.2) is 54.6 Å². The lowest BCUT2D eigenvalue weighted by molar-refractivity contribution is -0.138. The van der Waals surface area contributed by atoms with Gasteiger partial charge in [0, 0.05) is 18.8 Å². The Morgan fingerprint density at radius 1 is 1.03 bits per heavy atom. The molecule has 4 nitrogen and oxygen atoms in total. The molecule has 0 aromatic heterocycles. The number of thioether (sulfide) groups is 1. The average molecular weight is 427 g/mol. The topological polar surface area (TPSA) is 49.4 Å². The molecule has 0 fully saturated rings. The summed E-state index contributed by atoms with van der Waals surface area (Å²) in [5.41, 5.74) is 3.66. The van der Waals surface area contributed by atoms with Crippen LogP contribution in [0.2, 0.25) is 0 Å². The fourth-order valence-electron chi connectivity index (χ4n) is 3.37. The molecule has 2 aromatic carbocycles. The summed E-state index contributed by atoms with van der Waals surface area (Å²) in [5.74, 6) is 1.15. The molecule has 0 unspecified atom stereocenters. The molecule has 0 bridgehead atoms. The van der Waals surface area contributed by atoms with Gasteiger partial charge in [-0.3, -0.25) is 9.59 Å². The third-order valence-electron chi connectivity index (χ3n) is 5.16. The first kappa shape index (κ1) is 24.0. The maximum Gasteiger partial charge on any atom is 0.242 e. The normalized spacial score (nSPS) is 11.7. The molecule has 2 amide bonds. The van der Waals surface area contributed by atoms with E-state index in [-0.39, 0.29) is 11.8 Å². The highest BCUT2D eigenvalue weighted by Gasteiger charge is 2.27. The van der Waals surface area contributed by atoms with Crippen LogP contribution in [0.3, 0.4) is 0 Å². The van der Waals surface area contributed by atoms with Gasteiger partial charge in [-0.05, 0) is 42.9 Å². The molecule has 162 valence electrons. The first-order valence-corrected chi connectivity index (χ1v) is 12.0. The van der Waals surface area contributed by atoms with Gasteiger partial charge in [0.1, 0.15) is 6.04 Å². The van der Waals surface area contributed by atoms with E-state index in [1.165, 1.54) is 16.7 Å². The Hall–Kier alpha value is -2.27. The molecule has 0 aliphatic heterocycles. The predicted molar refractivity (Wildman–Crippen MR) is 127 cm³/mol. The lowest BCUT2D eigenvalue weighted by atomic mass is 10.1. The van der Waals surface area contributed by atoms with Crippen molar-refractivity contribution in [3.05, 3.63) is 71.3 Å². The quantitative estimate of drug-likeness (QED) is 0.539. The molecule has 0 aliphatic rings. The van der Waals surface area contributed by atoms with Crippen molar-refractivity contribution in [3.63, 3.8) is 0 Å². The second kappa shape index (κ2) is 13.1. The van der Waals surface area contributed by atoms with Crippen LogP contribution < -0.4 is 5.32 Å². The number of nitrogens with one attached hydrogen (secondary N) is 1. The van der Waals surface area contributed by atoms with E-state index in [0.29, 0.717) is 25.3 Å². The summed E-state index contributed by atoms with van der Waals surface area (Å²) in [5, 5.41) is 2.97. The van der Waals surface area contributed by atoms with Crippen molar-refractivity contribution in [1.29, 1.82) is 0 Å². The fourth-order valence-corrected chi connectivity index (χ4v) is 4.35. The Bertz CT molecular complexity index is 795. The number of aryl methyl sites for hydroxylation is 1. The van der Waals surface area contributed by atoms with E-state index in [1.807, 2.05) is 44.2 Å². The summed E-state index contributed by atoms with van der Waals surface area (Å²) in [6, 6.07) is 18.0. The van der Waals surface area contributed by atoms with E-state index < -0.39 is 6.04 Å². The first-order valence-electron chi connectivity index (χ1n) is 10.8. The molecule has 0 saturated heterocycles. The number of carbonyl (C=O) groups is 2. The van der Waals surface area contributed by atoms with Gasteiger partial charge in [-0.25, -0.2) is 0 Å². The van der Waals surface area contributed by atoms with Gasteiger partial charge in [-0.1, -0.05) is 68.4 Å². The monoisotopic (exact) mass is 426 g/mol. The van der Waals surface area contributed by atoms with Gasteiger partial charge in [-0.15, -0.1) is 11.8 Å². The smallest absolute Gasteiger partial charge is 0.242 e. The minimum Gasteiger partial charge on any atom is -0.354 e. The van der Waals surface area contributed by atoms with E-state index in [9.17, 15) is 9.59 Å². The van der Waals surface area contributed by atoms with Crippen molar-refractivity contribution in [1.82, 2.24) is 10.2 Å². The summed E-state index contributed by atoms with van der Waals surface area (Å²) < 4.78 is 0. The lowest BCUT2D eigenvalue weighted by Crippen LogP contribution is -2.50. The molecule has 2 aromatic rings. The predicted octanol–water partition coefficient (Wildman–Crippen LogP) is 4.60. The van der Waals surface area contributed by atoms with Crippen molar-refractivity contribution in [2.24, 2.45) is 0 Å². The van der Waals surface area contributed by atoms with Gasteiger partial charge < -0.3 is 10.2 Å². The molecule has 1 N–H and O–H groups in total. The fraction of sp³-hybridized carbons (Fsp3) is 0.440. The summed E-state index contributed by atoms with van der Waals surface area (Å²) in [6.07, 6.45) is 2.23. The first-order chi connectivity index (χ1) is 14.6. The highest BCUT2D eigenvalue weighted by Crippen LogP contribution is 2.18. The van der Waals surface area contributed by atoms with Crippen molar-refractivity contribution in [3.8, 4) is 0 Å². The number of carbonyl (C=O) groups excluding carboxylic acids is 2. The number of benzene rings is 2. The van der Waals surface area contributed by atoms with Crippen LogP contribution in [-0.4, -0.2) is 41.6 Å². The largest absolute Gasteiger partial charge is 0.354 e. The van der Waals surface area contributed by atoms with Crippen molar-refractivity contribution in [2.75, 3.05) is 18.8 Å². The molecular formula is C25H34N2O2S. The number of hydrogen-bond acceptors (Lipinski definition) is 3. The molecule has 2 rings (SSSR count). The molecule has 0 radical (unpaired) electrons. The number of hydrogen-bond donors (Lipinski definition) is 1. The molecule has 0 heterocycles. The average Bonchev–Trinajstić information content (AvgIpc) is 2.76. The van der Waals surface area contributed by atoms with Crippen LogP contribution >= 0.6 is 11.8 Å². The van der Waals surface area contributed by atoms with Crippen LogP contribution in [0, 0.1) is 6.92 Å². The van der Waals surface area contributed by atoms with Crippen LogP contribution in [-0.2, 0) is 21.8 Å². The molecule has 0 saturated carbocycles. The minimum atomic E-state index is -0.424. The van der Waals surface area contributed by atoms with E-state index in [2.05, 4.69) is 36.5 Å². The highest BCUT2D eigenvalue weighted by atomic mass is 32.2. The molecular weight excluding hydrogens is 392 g/mol. The van der Waals surface area contributed by atoms with Gasteiger partial charge in [0.2, 0.25) is 11.8 Å². The van der Waals surface area contributed by atoms with E-state index in [1.54, 1.807) is 16.7 Å². The Balaban J connectivity index is 2.04. The third-order valence-corrected chi connectivity index (χ3v) is 6.13. The van der Waals surface area contributed by atoms with Gasteiger partial charge in [-0.2, -0.15) is 0 Å². The highest BCUT2D eigenvalue weighted by molar-refractivity contribution is 7.99. The molecule has 0 aliphatic carbocycles. The Morgan fingerprint density at radius 3 is 2.40 bits per heavy atom. The molecule has 30 heavy (non-hydrogen) atoms. The van der Waals surface area contributed by atoms with Crippen LogP contribution in [0.4, 0.5) is 0 Å². The number of nitrogens with zero attached hydrogens (tertiary/aromatic N) is 1. The number of amides is 2. The standard InChI is InChI=1S/C25H34N2O2S/c1-4-16-26-25(29)23(5-2)27(17-15-21-12-7-6-8-13-21)24(28)19-30-18-22-14-10-9-11-20(22)3/h6-14,23H,4-5,15-19H2,1-3H3,(H,26,29)/t23-/m1/s1. The van der Waals surface area contributed by atoms with Gasteiger partial charge in [0.15, 0.2) is 0 Å². The van der Waals surface area contributed by atoms with E-state index >= 15 is 0 Å². The second-order valence-electron chi connectivity index (χ2n) is 7.46. The van der Waals surface area contributed by atoms with Crippen LogP contribution in [0.1, 0.15) is 43.4 Å². The lowest BCUT2D eigenvalue weighted by Gasteiger charge is -2.30. The molecule has 0 spiro atoms.